The highest BCUT2D eigenvalue weighted by Gasteiger charge is 2.21. The Morgan fingerprint density at radius 1 is 1.33 bits per heavy atom. The molecule has 0 saturated heterocycles. The third kappa shape index (κ3) is 3.84. The molecule has 0 fully saturated rings. The SMILES string of the molecule is Cc1sc(Br)cc1S(=O)(=O)Nc1ccc(Br)cc1C(N)=S. The molecule has 21 heavy (non-hydrogen) atoms. The van der Waals surface area contributed by atoms with E-state index in [-0.39, 0.29) is 9.88 Å². The summed E-state index contributed by atoms with van der Waals surface area (Å²) in [7, 11) is -3.69. The van der Waals surface area contributed by atoms with Gasteiger partial charge in [0.25, 0.3) is 10.0 Å². The maximum Gasteiger partial charge on any atom is 0.263 e. The number of anilines is 1. The molecule has 0 amide bonds. The predicted octanol–water partition coefficient (Wildman–Crippen LogP) is 4.02. The van der Waals surface area contributed by atoms with E-state index in [1.54, 1.807) is 31.2 Å². The number of nitrogens with two attached hydrogens (primary N) is 1. The number of rotatable bonds is 4. The van der Waals surface area contributed by atoms with Crippen LogP contribution in [0.3, 0.4) is 0 Å². The summed E-state index contributed by atoms with van der Waals surface area (Å²) in [4.78, 5) is 1.05. The molecule has 0 saturated carbocycles. The Labute approximate surface area is 149 Å². The predicted molar refractivity (Wildman–Crippen MR) is 97.6 cm³/mol. The molecular formula is C12H10Br2N2O2S3. The molecule has 0 atom stereocenters. The van der Waals surface area contributed by atoms with Crippen LogP contribution in [-0.4, -0.2) is 13.4 Å². The molecular weight excluding hydrogens is 460 g/mol. The van der Waals surface area contributed by atoms with Gasteiger partial charge in [-0.3, -0.25) is 4.72 Å². The number of hydrogen-bond donors (Lipinski definition) is 2. The van der Waals surface area contributed by atoms with E-state index in [2.05, 4.69) is 36.6 Å². The number of sulfonamides is 1. The Morgan fingerprint density at radius 2 is 2.00 bits per heavy atom. The van der Waals surface area contributed by atoms with Gasteiger partial charge >= 0.3 is 0 Å². The van der Waals surface area contributed by atoms with Crippen molar-refractivity contribution < 1.29 is 8.42 Å². The quantitative estimate of drug-likeness (QED) is 0.663. The summed E-state index contributed by atoms with van der Waals surface area (Å²) in [6.45, 7) is 1.75. The topological polar surface area (TPSA) is 72.2 Å². The molecule has 9 heteroatoms. The van der Waals surface area contributed by atoms with Gasteiger partial charge < -0.3 is 5.73 Å². The average molecular weight is 470 g/mol. The summed E-state index contributed by atoms with van der Waals surface area (Å²) in [6.07, 6.45) is 0. The summed E-state index contributed by atoms with van der Waals surface area (Å²) in [5, 5.41) is 0. The van der Waals surface area contributed by atoms with Gasteiger partial charge in [-0.2, -0.15) is 0 Å². The number of thiocarbonyl (C=S) groups is 1. The molecule has 3 N–H and O–H groups in total. The van der Waals surface area contributed by atoms with E-state index in [1.165, 1.54) is 11.3 Å². The fourth-order valence-corrected chi connectivity index (χ4v) is 5.73. The van der Waals surface area contributed by atoms with E-state index in [0.29, 0.717) is 16.1 Å². The zero-order chi connectivity index (χ0) is 15.8. The van der Waals surface area contributed by atoms with Crippen molar-refractivity contribution in [2.45, 2.75) is 11.8 Å². The lowest BCUT2D eigenvalue weighted by molar-refractivity contribution is 0.601. The van der Waals surface area contributed by atoms with Gasteiger partial charge in [0.05, 0.1) is 9.47 Å². The van der Waals surface area contributed by atoms with E-state index in [0.717, 1.165) is 8.26 Å². The third-order valence-corrected chi connectivity index (χ3v) is 6.51. The van der Waals surface area contributed by atoms with E-state index in [1.807, 2.05) is 0 Å². The first-order valence-corrected chi connectivity index (χ1v) is 9.88. The molecule has 0 spiro atoms. The first-order chi connectivity index (χ1) is 9.70. The van der Waals surface area contributed by atoms with E-state index < -0.39 is 10.0 Å². The van der Waals surface area contributed by atoms with Gasteiger partial charge in [0.15, 0.2) is 0 Å². The summed E-state index contributed by atoms with van der Waals surface area (Å²) < 4.78 is 29.0. The van der Waals surface area contributed by atoms with Crippen LogP contribution < -0.4 is 10.5 Å². The van der Waals surface area contributed by atoms with E-state index in [9.17, 15) is 8.42 Å². The molecule has 2 aromatic rings. The van der Waals surface area contributed by atoms with Crippen molar-refractivity contribution in [3.8, 4) is 0 Å². The Hall–Kier alpha value is -0.480. The molecule has 0 aliphatic heterocycles. The van der Waals surface area contributed by atoms with Crippen LogP contribution >= 0.6 is 55.4 Å². The molecule has 4 nitrogen and oxygen atoms in total. The monoisotopic (exact) mass is 468 g/mol. The van der Waals surface area contributed by atoms with Gasteiger partial charge in [0.2, 0.25) is 0 Å². The fraction of sp³-hybridized carbons (Fsp3) is 0.0833. The molecule has 0 radical (unpaired) electrons. The van der Waals surface area contributed by atoms with E-state index in [4.69, 9.17) is 18.0 Å². The van der Waals surface area contributed by atoms with Crippen LogP contribution in [-0.2, 0) is 10.0 Å². The fourth-order valence-electron chi connectivity index (χ4n) is 1.71. The van der Waals surface area contributed by atoms with Gasteiger partial charge in [-0.15, -0.1) is 11.3 Å². The van der Waals surface area contributed by atoms with Crippen LogP contribution in [0.1, 0.15) is 10.4 Å². The van der Waals surface area contributed by atoms with Crippen molar-refractivity contribution in [1.82, 2.24) is 0 Å². The largest absolute Gasteiger partial charge is 0.389 e. The van der Waals surface area contributed by atoms with Crippen molar-refractivity contribution in [2.24, 2.45) is 5.73 Å². The van der Waals surface area contributed by atoms with Crippen molar-refractivity contribution in [3.63, 3.8) is 0 Å². The molecule has 112 valence electrons. The lowest BCUT2D eigenvalue weighted by atomic mass is 10.2. The normalized spacial score (nSPS) is 11.4. The first kappa shape index (κ1) is 16.9. The average Bonchev–Trinajstić information content (AvgIpc) is 2.71. The minimum Gasteiger partial charge on any atom is -0.389 e. The standard InChI is InChI=1S/C12H10Br2N2O2S3/c1-6-10(5-11(14)20-6)21(17,18)16-9-3-2-7(13)4-8(9)12(15)19/h2-5,16H,1H3,(H2,15,19). The van der Waals surface area contributed by atoms with Crippen molar-refractivity contribution in [3.05, 3.63) is 43.0 Å². The summed E-state index contributed by atoms with van der Waals surface area (Å²) in [5.41, 5.74) is 6.47. The van der Waals surface area contributed by atoms with Crippen molar-refractivity contribution >= 4 is 76.1 Å². The van der Waals surface area contributed by atoms with Gasteiger partial charge in [0.1, 0.15) is 9.88 Å². The number of nitrogens with one attached hydrogen (secondary N) is 1. The number of thiophene rings is 1. The summed E-state index contributed by atoms with van der Waals surface area (Å²) in [5.74, 6) is 0. The van der Waals surface area contributed by atoms with Gasteiger partial charge in [0, 0.05) is 14.9 Å². The minimum absolute atomic E-state index is 0.122. The van der Waals surface area contributed by atoms with Crippen molar-refractivity contribution in [1.29, 1.82) is 0 Å². The highest BCUT2D eigenvalue weighted by Crippen LogP contribution is 2.31. The Bertz CT molecular complexity index is 816. The molecule has 0 unspecified atom stereocenters. The molecule has 2 rings (SSSR count). The van der Waals surface area contributed by atoms with Crippen LogP contribution in [0.2, 0.25) is 0 Å². The molecule has 1 heterocycles. The van der Waals surface area contributed by atoms with Crippen LogP contribution in [0.15, 0.2) is 37.4 Å². The molecule has 1 aromatic carbocycles. The zero-order valence-electron chi connectivity index (χ0n) is 10.7. The molecule has 0 bridgehead atoms. The maximum absolute atomic E-state index is 12.5. The second-order valence-electron chi connectivity index (χ2n) is 4.13. The number of hydrogen-bond acceptors (Lipinski definition) is 4. The lowest BCUT2D eigenvalue weighted by Crippen LogP contribution is -2.18. The van der Waals surface area contributed by atoms with Gasteiger partial charge in [-0.1, -0.05) is 28.1 Å². The third-order valence-electron chi connectivity index (χ3n) is 2.62. The highest BCUT2D eigenvalue weighted by atomic mass is 79.9. The molecule has 1 aromatic heterocycles. The van der Waals surface area contributed by atoms with Gasteiger partial charge in [-0.05, 0) is 47.1 Å². The van der Waals surface area contributed by atoms with Crippen LogP contribution in [0.4, 0.5) is 5.69 Å². The second-order valence-corrected chi connectivity index (χ2v) is 9.77. The minimum atomic E-state index is -3.69. The number of benzene rings is 1. The molecule has 0 aliphatic carbocycles. The van der Waals surface area contributed by atoms with Crippen LogP contribution in [0.5, 0.6) is 0 Å². The Balaban J connectivity index is 2.47. The second kappa shape index (κ2) is 6.33. The zero-order valence-corrected chi connectivity index (χ0v) is 16.3. The van der Waals surface area contributed by atoms with Crippen LogP contribution in [0, 0.1) is 6.92 Å². The Morgan fingerprint density at radius 3 is 2.52 bits per heavy atom. The maximum atomic E-state index is 12.5. The highest BCUT2D eigenvalue weighted by molar-refractivity contribution is 9.11. The summed E-state index contributed by atoms with van der Waals surface area (Å²) >= 11 is 12.9. The lowest BCUT2D eigenvalue weighted by Gasteiger charge is -2.12. The summed E-state index contributed by atoms with van der Waals surface area (Å²) in [6, 6.07) is 6.58. The van der Waals surface area contributed by atoms with Crippen molar-refractivity contribution in [2.75, 3.05) is 4.72 Å². The molecule has 0 aliphatic rings. The number of aryl methyl sites for hydroxylation is 1. The smallest absolute Gasteiger partial charge is 0.263 e. The first-order valence-electron chi connectivity index (χ1n) is 5.59. The Kier molecular flexibility index (Phi) is 5.09. The van der Waals surface area contributed by atoms with E-state index >= 15 is 0 Å². The number of halogens is 2. The van der Waals surface area contributed by atoms with Gasteiger partial charge in [-0.25, -0.2) is 8.42 Å². The van der Waals surface area contributed by atoms with Crippen LogP contribution in [0.25, 0.3) is 0 Å².